The predicted molar refractivity (Wildman–Crippen MR) is 72.9 cm³/mol. The van der Waals surface area contributed by atoms with E-state index in [2.05, 4.69) is 19.1 Å². The van der Waals surface area contributed by atoms with E-state index in [1.54, 1.807) is 0 Å². The van der Waals surface area contributed by atoms with Gasteiger partial charge in [0.05, 0.1) is 19.8 Å². The minimum atomic E-state index is 0.308. The average Bonchev–Trinajstić information content (AvgIpc) is 2.35. The summed E-state index contributed by atoms with van der Waals surface area (Å²) in [5.74, 6) is 1.34. The Balaban J connectivity index is 2.02. The fourth-order valence-electron chi connectivity index (χ4n) is 2.50. The Morgan fingerprint density at radius 3 is 2.44 bits per heavy atom. The summed E-state index contributed by atoms with van der Waals surface area (Å²) in [5, 5.41) is 0. The third-order valence-electron chi connectivity index (χ3n) is 3.59. The predicted octanol–water partition coefficient (Wildman–Crippen LogP) is 2.55. The molecule has 0 amide bonds. The summed E-state index contributed by atoms with van der Waals surface area (Å²) in [4.78, 5) is 0. The Bertz CT molecular complexity index is 371. The molecule has 0 bridgehead atoms. The molecule has 3 heteroatoms. The summed E-state index contributed by atoms with van der Waals surface area (Å²) >= 11 is 0. The van der Waals surface area contributed by atoms with E-state index in [4.69, 9.17) is 15.2 Å². The second-order valence-electron chi connectivity index (χ2n) is 5.44. The zero-order chi connectivity index (χ0) is 13.0. The van der Waals surface area contributed by atoms with E-state index in [1.165, 1.54) is 5.56 Å². The van der Waals surface area contributed by atoms with Crippen molar-refractivity contribution in [2.75, 3.05) is 26.4 Å². The third-order valence-corrected chi connectivity index (χ3v) is 3.59. The van der Waals surface area contributed by atoms with Gasteiger partial charge in [0.25, 0.3) is 0 Å². The van der Waals surface area contributed by atoms with Crippen LogP contribution in [0.25, 0.3) is 0 Å². The van der Waals surface area contributed by atoms with Crippen LogP contribution in [0, 0.1) is 5.41 Å². The van der Waals surface area contributed by atoms with Gasteiger partial charge in [0.2, 0.25) is 0 Å². The van der Waals surface area contributed by atoms with Crippen molar-refractivity contribution in [1.82, 2.24) is 0 Å². The Kier molecular flexibility index (Phi) is 4.25. The smallest absolute Gasteiger partial charge is 0.119 e. The molecule has 1 heterocycles. The maximum atomic E-state index is 5.92. The van der Waals surface area contributed by atoms with Crippen LogP contribution in [-0.4, -0.2) is 26.4 Å². The van der Waals surface area contributed by atoms with Crippen molar-refractivity contribution in [3.63, 3.8) is 0 Å². The summed E-state index contributed by atoms with van der Waals surface area (Å²) in [6.07, 6.45) is 1.09. The Morgan fingerprint density at radius 1 is 1.33 bits per heavy atom. The van der Waals surface area contributed by atoms with Crippen molar-refractivity contribution >= 4 is 0 Å². The summed E-state index contributed by atoms with van der Waals surface area (Å²) < 4.78 is 10.8. The second-order valence-corrected chi connectivity index (χ2v) is 5.44. The molecule has 100 valence electrons. The molecule has 0 spiro atoms. The molecule has 1 unspecified atom stereocenters. The molecule has 1 aromatic rings. The highest BCUT2D eigenvalue weighted by Gasteiger charge is 2.35. The van der Waals surface area contributed by atoms with E-state index >= 15 is 0 Å². The Hall–Kier alpha value is -1.06. The third kappa shape index (κ3) is 3.03. The van der Waals surface area contributed by atoms with Gasteiger partial charge in [-0.3, -0.25) is 0 Å². The molecule has 1 aromatic carbocycles. The number of hydrogen-bond acceptors (Lipinski definition) is 3. The van der Waals surface area contributed by atoms with E-state index in [1.807, 2.05) is 19.1 Å². The fraction of sp³-hybridized carbons (Fsp3) is 0.600. The molecular weight excluding hydrogens is 226 g/mol. The van der Waals surface area contributed by atoms with Gasteiger partial charge in [0.15, 0.2) is 0 Å². The van der Waals surface area contributed by atoms with Gasteiger partial charge < -0.3 is 15.2 Å². The van der Waals surface area contributed by atoms with Crippen LogP contribution < -0.4 is 10.5 Å². The molecule has 2 rings (SSSR count). The zero-order valence-electron chi connectivity index (χ0n) is 11.3. The van der Waals surface area contributed by atoms with Crippen LogP contribution in [0.4, 0.5) is 0 Å². The van der Waals surface area contributed by atoms with Crippen molar-refractivity contribution in [2.45, 2.75) is 26.2 Å². The van der Waals surface area contributed by atoms with Gasteiger partial charge in [-0.25, -0.2) is 0 Å². The molecule has 1 fully saturated rings. The molecule has 0 saturated carbocycles. The molecule has 1 aliphatic rings. The fourth-order valence-corrected chi connectivity index (χ4v) is 2.50. The molecule has 2 N–H and O–H groups in total. The molecule has 1 saturated heterocycles. The summed E-state index contributed by atoms with van der Waals surface area (Å²) in [5.41, 5.74) is 7.52. The highest BCUT2D eigenvalue weighted by atomic mass is 16.5. The molecule has 0 radical (unpaired) electrons. The lowest BCUT2D eigenvalue weighted by Gasteiger charge is -2.40. The number of ether oxygens (including phenoxy) is 2. The molecule has 18 heavy (non-hydrogen) atoms. The van der Waals surface area contributed by atoms with Crippen LogP contribution in [0.1, 0.15) is 31.7 Å². The van der Waals surface area contributed by atoms with Crippen molar-refractivity contribution in [1.29, 1.82) is 0 Å². The first-order valence-corrected chi connectivity index (χ1v) is 6.67. The first-order valence-electron chi connectivity index (χ1n) is 6.67. The van der Waals surface area contributed by atoms with Gasteiger partial charge >= 0.3 is 0 Å². The normalized spacial score (nSPS) is 19.1. The Morgan fingerprint density at radius 2 is 2.00 bits per heavy atom. The zero-order valence-corrected chi connectivity index (χ0v) is 11.3. The molecular formula is C15H23NO2. The highest BCUT2D eigenvalue weighted by molar-refractivity contribution is 5.30. The summed E-state index contributed by atoms with van der Waals surface area (Å²) in [6, 6.07) is 8.32. The lowest BCUT2D eigenvalue weighted by molar-refractivity contribution is -0.108. The number of benzene rings is 1. The first kappa shape index (κ1) is 13.4. The molecule has 1 aliphatic heterocycles. The Labute approximate surface area is 109 Å². The van der Waals surface area contributed by atoms with Crippen LogP contribution in [0.5, 0.6) is 5.75 Å². The lowest BCUT2D eigenvalue weighted by Crippen LogP contribution is -2.41. The maximum Gasteiger partial charge on any atom is 0.119 e. The minimum Gasteiger partial charge on any atom is -0.494 e. The van der Waals surface area contributed by atoms with Crippen LogP contribution in [0.15, 0.2) is 24.3 Å². The monoisotopic (exact) mass is 249 g/mol. The van der Waals surface area contributed by atoms with E-state index in [-0.39, 0.29) is 0 Å². The average molecular weight is 249 g/mol. The van der Waals surface area contributed by atoms with Gasteiger partial charge in [0.1, 0.15) is 5.75 Å². The quantitative estimate of drug-likeness (QED) is 0.842. The SMILES string of the molecule is CCOc1ccc(C(CN)CC2(C)COC2)cc1. The van der Waals surface area contributed by atoms with Gasteiger partial charge in [-0.1, -0.05) is 19.1 Å². The van der Waals surface area contributed by atoms with Crippen molar-refractivity contribution in [3.8, 4) is 5.75 Å². The van der Waals surface area contributed by atoms with Gasteiger partial charge in [-0.05, 0) is 43.5 Å². The molecule has 1 atom stereocenters. The second kappa shape index (κ2) is 5.72. The van der Waals surface area contributed by atoms with Crippen molar-refractivity contribution < 1.29 is 9.47 Å². The first-order chi connectivity index (χ1) is 8.67. The number of rotatable bonds is 6. The van der Waals surface area contributed by atoms with Crippen LogP contribution in [0.2, 0.25) is 0 Å². The van der Waals surface area contributed by atoms with Gasteiger partial charge in [0, 0.05) is 5.41 Å². The minimum absolute atomic E-state index is 0.308. The summed E-state index contributed by atoms with van der Waals surface area (Å²) in [6.45, 7) is 7.38. The van der Waals surface area contributed by atoms with E-state index in [0.717, 1.165) is 25.4 Å². The van der Waals surface area contributed by atoms with Gasteiger partial charge in [-0.15, -0.1) is 0 Å². The van der Waals surface area contributed by atoms with Gasteiger partial charge in [-0.2, -0.15) is 0 Å². The largest absolute Gasteiger partial charge is 0.494 e. The van der Waals surface area contributed by atoms with Crippen LogP contribution in [0.3, 0.4) is 0 Å². The molecule has 3 nitrogen and oxygen atoms in total. The standard InChI is InChI=1S/C15H23NO2/c1-3-18-14-6-4-12(5-7-14)13(9-16)8-15(2)10-17-11-15/h4-7,13H,3,8-11,16H2,1-2H3. The van der Waals surface area contributed by atoms with E-state index in [0.29, 0.717) is 24.5 Å². The van der Waals surface area contributed by atoms with Crippen molar-refractivity contribution in [2.24, 2.45) is 11.1 Å². The van der Waals surface area contributed by atoms with E-state index in [9.17, 15) is 0 Å². The van der Waals surface area contributed by atoms with Crippen LogP contribution in [-0.2, 0) is 4.74 Å². The van der Waals surface area contributed by atoms with Crippen molar-refractivity contribution in [3.05, 3.63) is 29.8 Å². The topological polar surface area (TPSA) is 44.5 Å². The lowest BCUT2D eigenvalue weighted by atomic mass is 9.77. The highest BCUT2D eigenvalue weighted by Crippen LogP contribution is 2.37. The summed E-state index contributed by atoms with van der Waals surface area (Å²) in [7, 11) is 0. The van der Waals surface area contributed by atoms with E-state index < -0.39 is 0 Å². The molecule has 0 aromatic heterocycles. The number of hydrogen-bond donors (Lipinski definition) is 1. The molecule has 0 aliphatic carbocycles. The maximum absolute atomic E-state index is 5.92. The van der Waals surface area contributed by atoms with Crippen LogP contribution >= 0.6 is 0 Å². The number of nitrogens with two attached hydrogens (primary N) is 1.